The lowest BCUT2D eigenvalue weighted by Gasteiger charge is -2.37. The molecular weight excluding hydrogens is 431 g/mol. The van der Waals surface area contributed by atoms with Crippen LogP contribution in [-0.4, -0.2) is 33.9 Å². The van der Waals surface area contributed by atoms with Crippen LogP contribution in [0.25, 0.3) is 0 Å². The van der Waals surface area contributed by atoms with E-state index in [0.717, 1.165) is 17.8 Å². The summed E-state index contributed by atoms with van der Waals surface area (Å²) in [6.07, 6.45) is 5.95. The molecule has 2 aromatic rings. The van der Waals surface area contributed by atoms with Crippen molar-refractivity contribution in [1.29, 1.82) is 0 Å². The summed E-state index contributed by atoms with van der Waals surface area (Å²) in [5.74, 6) is 0.526. The zero-order valence-electron chi connectivity index (χ0n) is 19.8. The van der Waals surface area contributed by atoms with Crippen LogP contribution in [-0.2, 0) is 4.79 Å². The Labute approximate surface area is 199 Å². The van der Waals surface area contributed by atoms with E-state index in [9.17, 15) is 9.18 Å². The van der Waals surface area contributed by atoms with Crippen molar-refractivity contribution in [3.8, 4) is 0 Å². The highest BCUT2D eigenvalue weighted by molar-refractivity contribution is 5.89. The van der Waals surface area contributed by atoms with Gasteiger partial charge in [0.2, 0.25) is 5.91 Å². The average molecular weight is 463 g/mol. The Morgan fingerprint density at radius 2 is 2.00 bits per heavy atom. The van der Waals surface area contributed by atoms with Crippen molar-refractivity contribution in [2.45, 2.75) is 64.3 Å². The van der Waals surface area contributed by atoms with Crippen molar-refractivity contribution in [1.82, 2.24) is 26.1 Å². The normalized spacial score (nSPS) is 23.8. The zero-order chi connectivity index (χ0) is 23.8. The summed E-state index contributed by atoms with van der Waals surface area (Å²) >= 11 is 0. The van der Waals surface area contributed by atoms with Crippen molar-refractivity contribution in [2.24, 2.45) is 5.10 Å². The second-order valence-corrected chi connectivity index (χ2v) is 9.40. The maximum Gasteiger partial charge on any atom is 0.220 e. The number of amidine groups is 1. The van der Waals surface area contributed by atoms with Crippen LogP contribution in [0.4, 0.5) is 4.39 Å². The molecule has 2 aromatic carbocycles. The van der Waals surface area contributed by atoms with Gasteiger partial charge in [-0.25, -0.2) is 9.82 Å². The van der Waals surface area contributed by atoms with Gasteiger partial charge in [0.15, 0.2) is 0 Å². The number of halogens is 1. The number of fused-ring (bicyclic) bond motifs is 3. The van der Waals surface area contributed by atoms with Crippen LogP contribution in [0, 0.1) is 19.7 Å². The number of rotatable bonds is 6. The predicted molar refractivity (Wildman–Crippen MR) is 130 cm³/mol. The van der Waals surface area contributed by atoms with Gasteiger partial charge in [0.25, 0.3) is 0 Å². The fourth-order valence-corrected chi connectivity index (χ4v) is 5.02. The van der Waals surface area contributed by atoms with E-state index < -0.39 is 0 Å². The number of carbonyl (C=O) groups is 1. The highest BCUT2D eigenvalue weighted by atomic mass is 19.1. The fraction of sp³-hybridized carbons (Fsp3) is 0.385. The molecule has 3 heterocycles. The minimum Gasteiger partial charge on any atom is -0.350 e. The SMILES string of the molecule is Cc1ccc(C)c(C2CC3C4NN=C(CCC(=O)NC(C)c5ccc(F)cc5)N4C=CN3N2)c1. The maximum atomic E-state index is 13.1. The predicted octanol–water partition coefficient (Wildman–Crippen LogP) is 3.75. The van der Waals surface area contributed by atoms with E-state index in [1.165, 1.54) is 28.8 Å². The summed E-state index contributed by atoms with van der Waals surface area (Å²) in [7, 11) is 0. The molecule has 0 aliphatic carbocycles. The molecule has 1 saturated heterocycles. The van der Waals surface area contributed by atoms with Crippen LogP contribution in [0.3, 0.4) is 0 Å². The number of amides is 1. The first-order valence-corrected chi connectivity index (χ1v) is 11.8. The number of benzene rings is 2. The Balaban J connectivity index is 1.17. The molecule has 34 heavy (non-hydrogen) atoms. The van der Waals surface area contributed by atoms with Gasteiger partial charge >= 0.3 is 0 Å². The molecule has 0 bridgehead atoms. The number of hydrazine groups is 1. The van der Waals surface area contributed by atoms with E-state index in [0.29, 0.717) is 12.8 Å². The number of hydrogen-bond donors (Lipinski definition) is 3. The number of hydrazone groups is 1. The maximum absolute atomic E-state index is 13.1. The Bertz CT molecular complexity index is 1130. The fourth-order valence-electron chi connectivity index (χ4n) is 5.02. The van der Waals surface area contributed by atoms with E-state index in [4.69, 9.17) is 0 Å². The standard InChI is InChI=1S/C26H31FN6O/c1-16-4-5-17(2)21(14-16)22-15-23-26-30-29-24(32(26)12-13-33(23)31-22)10-11-25(34)28-18(3)19-6-8-20(27)9-7-19/h4-9,12-14,18,22-23,26,30-31H,10-11,15H2,1-3H3,(H,28,34). The Kier molecular flexibility index (Phi) is 6.00. The van der Waals surface area contributed by atoms with Gasteiger partial charge in [0, 0.05) is 25.2 Å². The Hall–Kier alpha value is -3.39. The third-order valence-electron chi connectivity index (χ3n) is 6.95. The molecule has 1 amide bonds. The van der Waals surface area contributed by atoms with Crippen LogP contribution in [0.15, 0.2) is 60.0 Å². The molecular formula is C26H31FN6O. The van der Waals surface area contributed by atoms with E-state index >= 15 is 0 Å². The largest absolute Gasteiger partial charge is 0.350 e. The molecule has 178 valence electrons. The summed E-state index contributed by atoms with van der Waals surface area (Å²) < 4.78 is 13.1. The molecule has 3 aliphatic heterocycles. The molecule has 4 atom stereocenters. The number of nitrogens with one attached hydrogen (secondary N) is 3. The van der Waals surface area contributed by atoms with Crippen molar-refractivity contribution in [3.63, 3.8) is 0 Å². The van der Waals surface area contributed by atoms with Crippen molar-refractivity contribution < 1.29 is 9.18 Å². The first-order valence-electron chi connectivity index (χ1n) is 11.8. The lowest BCUT2D eigenvalue weighted by Crippen LogP contribution is -2.54. The molecule has 8 heteroatoms. The number of aryl methyl sites for hydroxylation is 2. The average Bonchev–Trinajstić information content (AvgIpc) is 3.43. The second kappa shape index (κ2) is 9.10. The van der Waals surface area contributed by atoms with Crippen LogP contribution in [0.1, 0.15) is 60.5 Å². The number of carbonyl (C=O) groups excluding carboxylic acids is 1. The summed E-state index contributed by atoms with van der Waals surface area (Å²) in [5.41, 5.74) is 11.7. The number of hydrogen-bond acceptors (Lipinski definition) is 6. The summed E-state index contributed by atoms with van der Waals surface area (Å²) in [5, 5.41) is 9.72. The minimum atomic E-state index is -0.283. The molecule has 4 unspecified atom stereocenters. The topological polar surface area (TPSA) is 72.0 Å². The molecule has 0 saturated carbocycles. The van der Waals surface area contributed by atoms with Crippen molar-refractivity contribution >= 4 is 11.7 Å². The molecule has 3 N–H and O–H groups in total. The molecule has 3 aliphatic rings. The molecule has 0 radical (unpaired) electrons. The summed E-state index contributed by atoms with van der Waals surface area (Å²) in [6.45, 7) is 6.19. The quantitative estimate of drug-likeness (QED) is 0.610. The first kappa shape index (κ1) is 22.4. The van der Waals surface area contributed by atoms with E-state index in [-0.39, 0.29) is 36.0 Å². The zero-order valence-corrected chi connectivity index (χ0v) is 19.8. The van der Waals surface area contributed by atoms with E-state index in [2.05, 4.69) is 69.4 Å². The van der Waals surface area contributed by atoms with Gasteiger partial charge in [-0.1, -0.05) is 35.9 Å². The highest BCUT2D eigenvalue weighted by Gasteiger charge is 2.44. The van der Waals surface area contributed by atoms with Gasteiger partial charge in [-0.3, -0.25) is 10.2 Å². The van der Waals surface area contributed by atoms with Crippen molar-refractivity contribution in [2.75, 3.05) is 0 Å². The van der Waals surface area contributed by atoms with Gasteiger partial charge in [-0.15, -0.1) is 0 Å². The van der Waals surface area contributed by atoms with Gasteiger partial charge in [0.05, 0.1) is 18.1 Å². The van der Waals surface area contributed by atoms with Crippen LogP contribution in [0.2, 0.25) is 0 Å². The summed E-state index contributed by atoms with van der Waals surface area (Å²) in [4.78, 5) is 14.7. The van der Waals surface area contributed by atoms with Gasteiger partial charge in [-0.05, 0) is 56.0 Å². The molecule has 0 spiro atoms. The van der Waals surface area contributed by atoms with Gasteiger partial charge < -0.3 is 15.2 Å². The van der Waals surface area contributed by atoms with Gasteiger partial charge in [0.1, 0.15) is 17.8 Å². The lowest BCUT2D eigenvalue weighted by molar-refractivity contribution is -0.121. The van der Waals surface area contributed by atoms with Gasteiger partial charge in [-0.2, -0.15) is 5.10 Å². The first-order chi connectivity index (χ1) is 16.4. The van der Waals surface area contributed by atoms with Crippen LogP contribution in [0.5, 0.6) is 0 Å². The van der Waals surface area contributed by atoms with Crippen LogP contribution >= 0.6 is 0 Å². The Morgan fingerprint density at radius 3 is 2.79 bits per heavy atom. The smallest absolute Gasteiger partial charge is 0.220 e. The van der Waals surface area contributed by atoms with E-state index in [1.54, 1.807) is 12.1 Å². The molecule has 7 nitrogen and oxygen atoms in total. The van der Waals surface area contributed by atoms with Crippen LogP contribution < -0.4 is 16.2 Å². The second-order valence-electron chi connectivity index (χ2n) is 9.40. The lowest BCUT2D eigenvalue weighted by atomic mass is 9.95. The third-order valence-corrected chi connectivity index (χ3v) is 6.95. The third kappa shape index (κ3) is 4.37. The Morgan fingerprint density at radius 1 is 1.21 bits per heavy atom. The highest BCUT2D eigenvalue weighted by Crippen LogP contribution is 2.35. The van der Waals surface area contributed by atoms with E-state index in [1.807, 2.05) is 13.1 Å². The molecule has 0 aromatic heterocycles. The van der Waals surface area contributed by atoms with Crippen molar-refractivity contribution in [3.05, 3.63) is 82.9 Å². The molecule has 5 rings (SSSR count). The minimum absolute atomic E-state index is 0.0313. The number of nitrogens with zero attached hydrogens (tertiary/aromatic N) is 3. The summed E-state index contributed by atoms with van der Waals surface area (Å²) in [6, 6.07) is 13.1. The molecule has 1 fully saturated rings. The monoisotopic (exact) mass is 462 g/mol.